The van der Waals surface area contributed by atoms with E-state index in [1.165, 1.54) is 0 Å². The second-order valence-corrected chi connectivity index (χ2v) is 4.40. The van der Waals surface area contributed by atoms with Crippen molar-refractivity contribution in [2.24, 2.45) is 0 Å². The van der Waals surface area contributed by atoms with Crippen LogP contribution >= 0.6 is 0 Å². The molecule has 1 N–H and O–H groups in total. The highest BCUT2D eigenvalue weighted by atomic mass is 16.5. The highest BCUT2D eigenvalue weighted by Crippen LogP contribution is 2.19. The van der Waals surface area contributed by atoms with E-state index < -0.39 is 5.97 Å². The van der Waals surface area contributed by atoms with Gasteiger partial charge in [-0.05, 0) is 41.3 Å². The topological polar surface area (TPSA) is 46.5 Å². The van der Waals surface area contributed by atoms with Crippen LogP contribution in [-0.2, 0) is 11.2 Å². The quantitative estimate of drug-likeness (QED) is 0.845. The first-order valence-corrected chi connectivity index (χ1v) is 6.31. The van der Waals surface area contributed by atoms with E-state index in [2.05, 4.69) is 0 Å². The summed E-state index contributed by atoms with van der Waals surface area (Å²) >= 11 is 0. The number of ether oxygens (including phenoxy) is 1. The van der Waals surface area contributed by atoms with Gasteiger partial charge >= 0.3 is 5.97 Å². The fourth-order valence-electron chi connectivity index (χ4n) is 2.02. The Balaban J connectivity index is 2.26. The normalized spacial score (nSPS) is 10.7. The summed E-state index contributed by atoms with van der Waals surface area (Å²) in [5, 5.41) is 8.72. The van der Waals surface area contributed by atoms with Crippen molar-refractivity contribution in [3.8, 4) is 5.75 Å². The van der Waals surface area contributed by atoms with Gasteiger partial charge in [0.2, 0.25) is 0 Å². The van der Waals surface area contributed by atoms with Crippen LogP contribution in [0, 0.1) is 0 Å². The third-order valence-corrected chi connectivity index (χ3v) is 2.99. The highest BCUT2D eigenvalue weighted by Gasteiger charge is 2.02. The van der Waals surface area contributed by atoms with Gasteiger partial charge in [-0.25, -0.2) is 4.79 Å². The lowest BCUT2D eigenvalue weighted by atomic mass is 9.99. The molecule has 0 atom stereocenters. The van der Waals surface area contributed by atoms with Crippen molar-refractivity contribution in [2.45, 2.75) is 6.42 Å². The molecule has 0 aliphatic carbocycles. The van der Waals surface area contributed by atoms with Crippen LogP contribution in [0.5, 0.6) is 5.75 Å². The van der Waals surface area contributed by atoms with E-state index >= 15 is 0 Å². The van der Waals surface area contributed by atoms with Crippen LogP contribution in [-0.4, -0.2) is 18.2 Å². The maximum absolute atomic E-state index is 10.6. The van der Waals surface area contributed by atoms with E-state index in [9.17, 15) is 4.79 Å². The van der Waals surface area contributed by atoms with Gasteiger partial charge in [-0.15, -0.1) is 0 Å². The number of methoxy groups -OCH3 is 1. The SMILES string of the molecule is COc1cccc(Cc2ccccc2/C=C/C(=O)O)c1. The summed E-state index contributed by atoms with van der Waals surface area (Å²) in [5.74, 6) is -0.123. The lowest BCUT2D eigenvalue weighted by molar-refractivity contribution is -0.131. The molecule has 102 valence electrons. The number of rotatable bonds is 5. The summed E-state index contributed by atoms with van der Waals surface area (Å²) in [6.07, 6.45) is 3.51. The van der Waals surface area contributed by atoms with Crippen molar-refractivity contribution in [1.82, 2.24) is 0 Å². The summed E-state index contributed by atoms with van der Waals surface area (Å²) in [4.78, 5) is 10.6. The van der Waals surface area contributed by atoms with Crippen LogP contribution < -0.4 is 4.74 Å². The minimum absolute atomic E-state index is 0.733. The molecule has 0 saturated heterocycles. The van der Waals surface area contributed by atoms with Gasteiger partial charge in [0.25, 0.3) is 0 Å². The van der Waals surface area contributed by atoms with Gasteiger partial charge in [0.05, 0.1) is 7.11 Å². The molecule has 3 nitrogen and oxygen atoms in total. The van der Waals surface area contributed by atoms with E-state index in [0.717, 1.165) is 34.9 Å². The van der Waals surface area contributed by atoms with Gasteiger partial charge in [0.15, 0.2) is 0 Å². The molecule has 0 fully saturated rings. The second-order valence-electron chi connectivity index (χ2n) is 4.40. The predicted octanol–water partition coefficient (Wildman–Crippen LogP) is 3.38. The number of carboxylic acid groups (broad SMARTS) is 1. The zero-order chi connectivity index (χ0) is 14.4. The van der Waals surface area contributed by atoms with Crippen LogP contribution in [0.15, 0.2) is 54.6 Å². The van der Waals surface area contributed by atoms with Crippen LogP contribution in [0.4, 0.5) is 0 Å². The first-order valence-electron chi connectivity index (χ1n) is 6.31. The number of aliphatic carboxylic acids is 1. The Morgan fingerprint density at radius 1 is 1.20 bits per heavy atom. The maximum Gasteiger partial charge on any atom is 0.328 e. The molecule has 0 spiro atoms. The summed E-state index contributed by atoms with van der Waals surface area (Å²) in [6, 6.07) is 15.6. The first-order chi connectivity index (χ1) is 9.69. The van der Waals surface area contributed by atoms with Crippen molar-refractivity contribution in [3.63, 3.8) is 0 Å². The minimum Gasteiger partial charge on any atom is -0.497 e. The van der Waals surface area contributed by atoms with E-state index in [4.69, 9.17) is 9.84 Å². The van der Waals surface area contributed by atoms with Crippen LogP contribution in [0.1, 0.15) is 16.7 Å². The fraction of sp³-hybridized carbons (Fsp3) is 0.118. The first kappa shape index (κ1) is 13.9. The molecule has 0 radical (unpaired) electrons. The van der Waals surface area contributed by atoms with E-state index in [-0.39, 0.29) is 0 Å². The van der Waals surface area contributed by atoms with Gasteiger partial charge in [-0.3, -0.25) is 0 Å². The average molecular weight is 268 g/mol. The van der Waals surface area contributed by atoms with Gasteiger partial charge in [-0.2, -0.15) is 0 Å². The second kappa shape index (κ2) is 6.57. The molecule has 0 aliphatic rings. The van der Waals surface area contributed by atoms with Crippen molar-refractivity contribution in [3.05, 3.63) is 71.3 Å². The Morgan fingerprint density at radius 2 is 2.00 bits per heavy atom. The summed E-state index contributed by atoms with van der Waals surface area (Å²) in [6.45, 7) is 0. The van der Waals surface area contributed by atoms with Crippen LogP contribution in [0.2, 0.25) is 0 Å². The van der Waals surface area contributed by atoms with Crippen molar-refractivity contribution in [1.29, 1.82) is 0 Å². The third-order valence-electron chi connectivity index (χ3n) is 2.99. The number of carbonyl (C=O) groups is 1. The Labute approximate surface area is 118 Å². The van der Waals surface area contributed by atoms with E-state index in [1.807, 2.05) is 48.5 Å². The molecule has 0 amide bonds. The van der Waals surface area contributed by atoms with Crippen molar-refractivity contribution < 1.29 is 14.6 Å². The number of hydrogen-bond donors (Lipinski definition) is 1. The lowest BCUT2D eigenvalue weighted by Crippen LogP contribution is -1.93. The molecular formula is C17H16O3. The predicted molar refractivity (Wildman–Crippen MR) is 78.9 cm³/mol. The maximum atomic E-state index is 10.6. The Hall–Kier alpha value is -2.55. The smallest absolute Gasteiger partial charge is 0.328 e. The highest BCUT2D eigenvalue weighted by molar-refractivity contribution is 5.85. The van der Waals surface area contributed by atoms with Crippen LogP contribution in [0.25, 0.3) is 6.08 Å². The van der Waals surface area contributed by atoms with Gasteiger partial charge in [-0.1, -0.05) is 36.4 Å². The number of hydrogen-bond acceptors (Lipinski definition) is 2. The summed E-state index contributed by atoms with van der Waals surface area (Å²) < 4.78 is 5.21. The minimum atomic E-state index is -0.943. The number of benzene rings is 2. The molecule has 2 rings (SSSR count). The standard InChI is InChI=1S/C17H16O3/c1-20-16-8-4-5-13(12-16)11-15-7-3-2-6-14(15)9-10-17(18)19/h2-10,12H,11H2,1H3,(H,18,19)/b10-9+. The van der Waals surface area contributed by atoms with Crippen molar-refractivity contribution >= 4 is 12.0 Å². The van der Waals surface area contributed by atoms with Crippen LogP contribution in [0.3, 0.4) is 0 Å². The molecule has 0 saturated carbocycles. The number of carboxylic acids is 1. The average Bonchev–Trinajstić information content (AvgIpc) is 2.46. The molecular weight excluding hydrogens is 252 g/mol. The molecule has 0 unspecified atom stereocenters. The molecule has 0 bridgehead atoms. The summed E-state index contributed by atoms with van der Waals surface area (Å²) in [5.41, 5.74) is 3.12. The fourth-order valence-corrected chi connectivity index (χ4v) is 2.02. The van der Waals surface area contributed by atoms with Gasteiger partial charge in [0.1, 0.15) is 5.75 Å². The zero-order valence-corrected chi connectivity index (χ0v) is 11.2. The molecule has 3 heteroatoms. The Kier molecular flexibility index (Phi) is 4.56. The Bertz CT molecular complexity index is 630. The van der Waals surface area contributed by atoms with E-state index in [0.29, 0.717) is 0 Å². The molecule has 0 aromatic heterocycles. The molecule has 20 heavy (non-hydrogen) atoms. The zero-order valence-electron chi connectivity index (χ0n) is 11.2. The van der Waals surface area contributed by atoms with Gasteiger partial charge < -0.3 is 9.84 Å². The molecule has 2 aromatic carbocycles. The molecule has 0 aliphatic heterocycles. The van der Waals surface area contributed by atoms with Crippen molar-refractivity contribution in [2.75, 3.05) is 7.11 Å². The monoisotopic (exact) mass is 268 g/mol. The third kappa shape index (κ3) is 3.72. The molecule has 2 aromatic rings. The Morgan fingerprint density at radius 3 is 2.75 bits per heavy atom. The molecule has 0 heterocycles. The largest absolute Gasteiger partial charge is 0.497 e. The van der Waals surface area contributed by atoms with E-state index in [1.54, 1.807) is 13.2 Å². The summed E-state index contributed by atoms with van der Waals surface area (Å²) in [7, 11) is 1.64. The lowest BCUT2D eigenvalue weighted by Gasteiger charge is -2.07. The van der Waals surface area contributed by atoms with Gasteiger partial charge in [0, 0.05) is 6.08 Å².